The standard InChI is InChI=1S/C25H22F3NO6/c1-32-20-9-4-3-8-19(20)29-23(30)15-34-21-11-10-17(13-22(21)33-2)24(31)35-14-16-6-5-7-18(12-16)25(26,27)28/h3-13H,14-15H2,1-2H3,(H,29,30). The van der Waals surface area contributed by atoms with Crippen molar-refractivity contribution in [1.82, 2.24) is 0 Å². The molecule has 0 unspecified atom stereocenters. The minimum Gasteiger partial charge on any atom is -0.495 e. The Morgan fingerprint density at radius 2 is 1.60 bits per heavy atom. The van der Waals surface area contributed by atoms with Gasteiger partial charge in [0.2, 0.25) is 0 Å². The molecule has 0 fully saturated rings. The maximum absolute atomic E-state index is 12.8. The molecule has 0 aliphatic heterocycles. The van der Waals surface area contributed by atoms with Crippen molar-refractivity contribution < 1.29 is 41.7 Å². The number of rotatable bonds is 9. The van der Waals surface area contributed by atoms with E-state index in [1.165, 1.54) is 44.6 Å². The van der Waals surface area contributed by atoms with Gasteiger partial charge in [0.15, 0.2) is 18.1 Å². The van der Waals surface area contributed by atoms with Crippen LogP contribution in [0.4, 0.5) is 18.9 Å². The highest BCUT2D eigenvalue weighted by Crippen LogP contribution is 2.31. The first-order valence-corrected chi connectivity index (χ1v) is 10.3. The minimum atomic E-state index is -4.49. The maximum atomic E-state index is 12.8. The summed E-state index contributed by atoms with van der Waals surface area (Å²) in [7, 11) is 2.84. The quantitative estimate of drug-likeness (QED) is 0.422. The van der Waals surface area contributed by atoms with Gasteiger partial charge in [-0.25, -0.2) is 4.79 Å². The van der Waals surface area contributed by atoms with Crippen LogP contribution in [0.5, 0.6) is 17.2 Å². The van der Waals surface area contributed by atoms with Crippen molar-refractivity contribution in [2.45, 2.75) is 12.8 Å². The van der Waals surface area contributed by atoms with E-state index in [1.54, 1.807) is 24.3 Å². The predicted molar refractivity (Wildman–Crippen MR) is 121 cm³/mol. The van der Waals surface area contributed by atoms with Gasteiger partial charge in [0.1, 0.15) is 12.4 Å². The van der Waals surface area contributed by atoms with E-state index in [-0.39, 0.29) is 35.8 Å². The van der Waals surface area contributed by atoms with Gasteiger partial charge in [-0.05, 0) is 48.0 Å². The Morgan fingerprint density at radius 1 is 0.857 bits per heavy atom. The summed E-state index contributed by atoms with van der Waals surface area (Å²) in [4.78, 5) is 24.6. The van der Waals surface area contributed by atoms with Gasteiger partial charge in [0, 0.05) is 0 Å². The van der Waals surface area contributed by atoms with E-state index in [0.29, 0.717) is 11.4 Å². The van der Waals surface area contributed by atoms with Gasteiger partial charge in [0.05, 0.1) is 31.0 Å². The van der Waals surface area contributed by atoms with Gasteiger partial charge in [0.25, 0.3) is 5.91 Å². The van der Waals surface area contributed by atoms with Crippen LogP contribution in [0.2, 0.25) is 0 Å². The summed E-state index contributed by atoms with van der Waals surface area (Å²) in [6, 6.07) is 15.6. The fourth-order valence-corrected chi connectivity index (χ4v) is 3.06. The highest BCUT2D eigenvalue weighted by atomic mass is 19.4. The van der Waals surface area contributed by atoms with E-state index in [2.05, 4.69) is 5.32 Å². The summed E-state index contributed by atoms with van der Waals surface area (Å²) in [6.07, 6.45) is -4.49. The topological polar surface area (TPSA) is 83.1 Å². The Balaban J connectivity index is 1.60. The van der Waals surface area contributed by atoms with Crippen molar-refractivity contribution in [3.05, 3.63) is 83.4 Å². The fraction of sp³-hybridized carbons (Fsp3) is 0.200. The number of hydrogen-bond acceptors (Lipinski definition) is 6. The zero-order valence-corrected chi connectivity index (χ0v) is 18.8. The molecule has 0 aliphatic carbocycles. The first-order valence-electron chi connectivity index (χ1n) is 10.3. The Hall–Kier alpha value is -4.21. The van der Waals surface area contributed by atoms with Gasteiger partial charge in [-0.2, -0.15) is 13.2 Å². The van der Waals surface area contributed by atoms with Crippen LogP contribution in [0.25, 0.3) is 0 Å². The fourth-order valence-electron chi connectivity index (χ4n) is 3.06. The van der Waals surface area contributed by atoms with Crippen molar-refractivity contribution in [2.75, 3.05) is 26.1 Å². The summed E-state index contributed by atoms with van der Waals surface area (Å²) in [5, 5.41) is 2.67. The molecule has 3 rings (SSSR count). The molecule has 0 aliphatic rings. The SMILES string of the molecule is COc1ccccc1NC(=O)COc1ccc(C(=O)OCc2cccc(C(F)(F)F)c2)cc1OC. The number of benzene rings is 3. The predicted octanol–water partition coefficient (Wildman–Crippen LogP) is 5.10. The Bertz CT molecular complexity index is 1200. The number of anilines is 1. The molecule has 0 spiro atoms. The van der Waals surface area contributed by atoms with Crippen LogP contribution in [0.1, 0.15) is 21.5 Å². The van der Waals surface area contributed by atoms with Crippen molar-refractivity contribution >= 4 is 17.6 Å². The van der Waals surface area contributed by atoms with E-state index < -0.39 is 23.6 Å². The van der Waals surface area contributed by atoms with Crippen molar-refractivity contribution in [3.63, 3.8) is 0 Å². The number of ether oxygens (including phenoxy) is 4. The largest absolute Gasteiger partial charge is 0.495 e. The number of carbonyl (C=O) groups is 2. The van der Waals surface area contributed by atoms with Crippen molar-refractivity contribution in [2.24, 2.45) is 0 Å². The Kier molecular flexibility index (Phi) is 8.19. The van der Waals surface area contributed by atoms with Crippen LogP contribution in [0.15, 0.2) is 66.7 Å². The Morgan fingerprint density at radius 3 is 2.31 bits per heavy atom. The first-order chi connectivity index (χ1) is 16.7. The molecule has 3 aromatic carbocycles. The van der Waals surface area contributed by atoms with Crippen LogP contribution in [0, 0.1) is 0 Å². The van der Waals surface area contributed by atoms with E-state index in [9.17, 15) is 22.8 Å². The van der Waals surface area contributed by atoms with Crippen LogP contribution >= 0.6 is 0 Å². The number of esters is 1. The third kappa shape index (κ3) is 6.89. The monoisotopic (exact) mass is 489 g/mol. The molecule has 184 valence electrons. The smallest absolute Gasteiger partial charge is 0.416 e. The number of methoxy groups -OCH3 is 2. The third-order valence-electron chi connectivity index (χ3n) is 4.76. The molecule has 1 amide bonds. The van der Waals surface area contributed by atoms with Gasteiger partial charge in [-0.3, -0.25) is 4.79 Å². The van der Waals surface area contributed by atoms with Gasteiger partial charge in [-0.15, -0.1) is 0 Å². The second-order valence-electron chi connectivity index (χ2n) is 7.18. The molecular weight excluding hydrogens is 467 g/mol. The number of hydrogen-bond donors (Lipinski definition) is 1. The first kappa shape index (κ1) is 25.4. The van der Waals surface area contributed by atoms with Crippen molar-refractivity contribution in [1.29, 1.82) is 0 Å². The highest BCUT2D eigenvalue weighted by molar-refractivity contribution is 5.93. The number of nitrogens with one attached hydrogen (secondary N) is 1. The lowest BCUT2D eigenvalue weighted by atomic mass is 10.1. The minimum absolute atomic E-state index is 0.0969. The molecule has 35 heavy (non-hydrogen) atoms. The number of alkyl halides is 3. The zero-order valence-electron chi connectivity index (χ0n) is 18.8. The molecule has 0 atom stereocenters. The lowest BCUT2D eigenvalue weighted by Crippen LogP contribution is -2.20. The van der Waals surface area contributed by atoms with Crippen LogP contribution < -0.4 is 19.5 Å². The summed E-state index contributed by atoms with van der Waals surface area (Å²) < 4.78 is 59.6. The molecule has 3 aromatic rings. The molecule has 1 N–H and O–H groups in total. The molecule has 10 heteroatoms. The van der Waals surface area contributed by atoms with Gasteiger partial charge in [-0.1, -0.05) is 24.3 Å². The average molecular weight is 489 g/mol. The zero-order chi connectivity index (χ0) is 25.4. The number of amides is 1. The van der Waals surface area contributed by atoms with Crippen LogP contribution in [-0.2, 0) is 22.3 Å². The summed E-state index contributed by atoms with van der Waals surface area (Å²) in [5.74, 6) is -0.338. The molecule has 0 saturated heterocycles. The normalized spacial score (nSPS) is 10.9. The molecule has 0 bridgehead atoms. The summed E-state index contributed by atoms with van der Waals surface area (Å²) in [5.41, 5.74) is -0.0563. The molecule has 0 aromatic heterocycles. The lowest BCUT2D eigenvalue weighted by molar-refractivity contribution is -0.137. The molecule has 7 nitrogen and oxygen atoms in total. The summed E-state index contributed by atoms with van der Waals surface area (Å²) >= 11 is 0. The second kappa shape index (κ2) is 11.3. The van der Waals surface area contributed by atoms with Crippen LogP contribution in [-0.4, -0.2) is 32.7 Å². The van der Waals surface area contributed by atoms with E-state index in [0.717, 1.165) is 12.1 Å². The lowest BCUT2D eigenvalue weighted by Gasteiger charge is -2.13. The highest BCUT2D eigenvalue weighted by Gasteiger charge is 2.30. The summed E-state index contributed by atoms with van der Waals surface area (Å²) in [6.45, 7) is -0.680. The van der Waals surface area contributed by atoms with Gasteiger partial charge < -0.3 is 24.3 Å². The van der Waals surface area contributed by atoms with Crippen molar-refractivity contribution in [3.8, 4) is 17.2 Å². The molecule has 0 heterocycles. The van der Waals surface area contributed by atoms with E-state index in [4.69, 9.17) is 18.9 Å². The van der Waals surface area contributed by atoms with E-state index in [1.807, 2.05) is 0 Å². The number of para-hydroxylation sites is 2. The molecule has 0 saturated carbocycles. The second-order valence-corrected chi connectivity index (χ2v) is 7.18. The molecular formula is C25H22F3NO6. The van der Waals surface area contributed by atoms with Gasteiger partial charge >= 0.3 is 12.1 Å². The van der Waals surface area contributed by atoms with E-state index >= 15 is 0 Å². The average Bonchev–Trinajstić information content (AvgIpc) is 2.86. The Labute approximate surface area is 199 Å². The number of halogens is 3. The number of carbonyl (C=O) groups excluding carboxylic acids is 2. The maximum Gasteiger partial charge on any atom is 0.416 e. The molecule has 0 radical (unpaired) electrons. The third-order valence-corrected chi connectivity index (χ3v) is 4.76. The van der Waals surface area contributed by atoms with Crippen LogP contribution in [0.3, 0.4) is 0 Å².